The van der Waals surface area contributed by atoms with Crippen molar-refractivity contribution in [2.75, 3.05) is 5.32 Å². The fourth-order valence-electron chi connectivity index (χ4n) is 1.91. The summed E-state index contributed by atoms with van der Waals surface area (Å²) < 4.78 is 0.787. The Morgan fingerprint density at radius 1 is 1.18 bits per heavy atom. The van der Waals surface area contributed by atoms with E-state index in [0.717, 1.165) is 10.0 Å². The topological polar surface area (TPSA) is 58.2 Å². The zero-order chi connectivity index (χ0) is 16.1. The van der Waals surface area contributed by atoms with Crippen molar-refractivity contribution in [1.82, 2.24) is 5.32 Å². The second kappa shape index (κ2) is 7.42. The van der Waals surface area contributed by atoms with E-state index in [2.05, 4.69) is 26.6 Å². The Hall–Kier alpha value is -1.85. The van der Waals surface area contributed by atoms with Crippen molar-refractivity contribution < 1.29 is 9.59 Å². The molecule has 6 heteroatoms. The molecule has 0 saturated heterocycles. The number of anilines is 1. The summed E-state index contributed by atoms with van der Waals surface area (Å²) in [5.41, 5.74) is 1.99. The maximum absolute atomic E-state index is 12.2. The maximum Gasteiger partial charge on any atom is 0.253 e. The van der Waals surface area contributed by atoms with Crippen molar-refractivity contribution in [2.24, 2.45) is 0 Å². The summed E-state index contributed by atoms with van der Waals surface area (Å²) in [4.78, 5) is 23.2. The van der Waals surface area contributed by atoms with Gasteiger partial charge in [0, 0.05) is 23.6 Å². The van der Waals surface area contributed by atoms with E-state index in [-0.39, 0.29) is 11.8 Å². The van der Waals surface area contributed by atoms with Gasteiger partial charge in [-0.15, -0.1) is 0 Å². The summed E-state index contributed by atoms with van der Waals surface area (Å²) in [6.45, 7) is 1.79. The zero-order valence-electron chi connectivity index (χ0n) is 11.8. The van der Waals surface area contributed by atoms with Crippen LogP contribution in [0.5, 0.6) is 0 Å². The lowest BCUT2D eigenvalue weighted by Crippen LogP contribution is -2.23. The third-order valence-corrected chi connectivity index (χ3v) is 3.70. The van der Waals surface area contributed by atoms with E-state index in [1.807, 2.05) is 18.2 Å². The van der Waals surface area contributed by atoms with Crippen LogP contribution < -0.4 is 10.6 Å². The molecule has 4 nitrogen and oxygen atoms in total. The molecule has 0 bridgehead atoms. The van der Waals surface area contributed by atoms with Crippen LogP contribution in [-0.2, 0) is 11.3 Å². The Bertz CT molecular complexity index is 719. The first-order valence-electron chi connectivity index (χ1n) is 6.55. The maximum atomic E-state index is 12.2. The van der Waals surface area contributed by atoms with Gasteiger partial charge in [-0.25, -0.2) is 0 Å². The van der Waals surface area contributed by atoms with Gasteiger partial charge in [-0.3, -0.25) is 9.59 Å². The number of halogens is 2. The molecule has 0 spiro atoms. The van der Waals surface area contributed by atoms with Crippen LogP contribution in [0.1, 0.15) is 22.8 Å². The molecule has 0 unspecified atom stereocenters. The van der Waals surface area contributed by atoms with Crippen molar-refractivity contribution >= 4 is 45.0 Å². The minimum atomic E-state index is -0.253. The SMILES string of the molecule is CC(=O)Nc1cccc(CNC(=O)c2cc(Br)ccc2Cl)c1. The lowest BCUT2D eigenvalue weighted by Gasteiger charge is -2.09. The van der Waals surface area contributed by atoms with Crippen LogP contribution in [0, 0.1) is 0 Å². The molecule has 0 aliphatic rings. The van der Waals surface area contributed by atoms with Gasteiger partial charge in [0.15, 0.2) is 0 Å². The molecule has 0 saturated carbocycles. The number of carbonyl (C=O) groups excluding carboxylic acids is 2. The smallest absolute Gasteiger partial charge is 0.253 e. The van der Waals surface area contributed by atoms with Crippen molar-refractivity contribution in [3.05, 3.63) is 63.1 Å². The number of benzene rings is 2. The molecule has 0 fully saturated rings. The Morgan fingerprint density at radius 3 is 2.68 bits per heavy atom. The molecule has 0 radical (unpaired) electrons. The van der Waals surface area contributed by atoms with Crippen molar-refractivity contribution in [3.8, 4) is 0 Å². The summed E-state index contributed by atoms with van der Waals surface area (Å²) >= 11 is 9.34. The number of hydrogen-bond donors (Lipinski definition) is 2. The first kappa shape index (κ1) is 16.5. The van der Waals surface area contributed by atoms with Gasteiger partial charge in [-0.2, -0.15) is 0 Å². The normalized spacial score (nSPS) is 10.1. The lowest BCUT2D eigenvalue weighted by atomic mass is 10.1. The highest BCUT2D eigenvalue weighted by atomic mass is 79.9. The quantitative estimate of drug-likeness (QED) is 0.841. The van der Waals surface area contributed by atoms with E-state index in [4.69, 9.17) is 11.6 Å². The highest BCUT2D eigenvalue weighted by Gasteiger charge is 2.10. The molecule has 2 aromatic carbocycles. The van der Waals surface area contributed by atoms with Gasteiger partial charge < -0.3 is 10.6 Å². The van der Waals surface area contributed by atoms with Gasteiger partial charge in [0.2, 0.25) is 5.91 Å². The van der Waals surface area contributed by atoms with Gasteiger partial charge in [0.25, 0.3) is 5.91 Å². The third-order valence-electron chi connectivity index (χ3n) is 2.87. The van der Waals surface area contributed by atoms with E-state index in [1.54, 1.807) is 24.3 Å². The summed E-state index contributed by atoms with van der Waals surface area (Å²) in [7, 11) is 0. The van der Waals surface area contributed by atoms with E-state index < -0.39 is 0 Å². The fraction of sp³-hybridized carbons (Fsp3) is 0.125. The van der Waals surface area contributed by atoms with Gasteiger partial charge in [0.05, 0.1) is 10.6 Å². The van der Waals surface area contributed by atoms with Gasteiger partial charge in [-0.05, 0) is 35.9 Å². The molecular weight excluding hydrogens is 368 g/mol. The van der Waals surface area contributed by atoms with Gasteiger partial charge in [-0.1, -0.05) is 39.7 Å². The van der Waals surface area contributed by atoms with Crippen LogP contribution in [0.25, 0.3) is 0 Å². The number of amides is 2. The number of rotatable bonds is 4. The second-order valence-corrected chi connectivity index (χ2v) is 6.01. The third kappa shape index (κ3) is 4.58. The largest absolute Gasteiger partial charge is 0.348 e. The van der Waals surface area contributed by atoms with E-state index in [0.29, 0.717) is 22.8 Å². The summed E-state index contributed by atoms with van der Waals surface area (Å²) in [5, 5.41) is 5.91. The Balaban J connectivity index is 2.05. The second-order valence-electron chi connectivity index (χ2n) is 4.69. The first-order chi connectivity index (χ1) is 10.5. The number of carbonyl (C=O) groups is 2. The van der Waals surface area contributed by atoms with Crippen LogP contribution in [0.4, 0.5) is 5.69 Å². The Morgan fingerprint density at radius 2 is 1.95 bits per heavy atom. The first-order valence-corrected chi connectivity index (χ1v) is 7.72. The standard InChI is InChI=1S/C16H14BrClN2O2/c1-10(21)20-13-4-2-3-11(7-13)9-19-16(22)14-8-12(17)5-6-15(14)18/h2-8H,9H2,1H3,(H,19,22)(H,20,21). The average Bonchev–Trinajstić information content (AvgIpc) is 2.47. The van der Waals surface area contributed by atoms with Crippen LogP contribution >= 0.6 is 27.5 Å². The van der Waals surface area contributed by atoms with Crippen LogP contribution in [0.15, 0.2) is 46.9 Å². The van der Waals surface area contributed by atoms with Crippen molar-refractivity contribution in [2.45, 2.75) is 13.5 Å². The summed E-state index contributed by atoms with van der Waals surface area (Å²) in [5.74, 6) is -0.390. The zero-order valence-corrected chi connectivity index (χ0v) is 14.2. The Kier molecular flexibility index (Phi) is 5.57. The molecular formula is C16H14BrClN2O2. The highest BCUT2D eigenvalue weighted by molar-refractivity contribution is 9.10. The molecule has 22 heavy (non-hydrogen) atoms. The van der Waals surface area contributed by atoms with E-state index in [9.17, 15) is 9.59 Å². The van der Waals surface area contributed by atoms with E-state index >= 15 is 0 Å². The fourth-order valence-corrected chi connectivity index (χ4v) is 2.48. The van der Waals surface area contributed by atoms with Crippen molar-refractivity contribution in [1.29, 1.82) is 0 Å². The molecule has 0 heterocycles. The van der Waals surface area contributed by atoms with Gasteiger partial charge >= 0.3 is 0 Å². The van der Waals surface area contributed by atoms with Crippen LogP contribution in [0.2, 0.25) is 5.02 Å². The predicted molar refractivity (Wildman–Crippen MR) is 91.1 cm³/mol. The van der Waals surface area contributed by atoms with Crippen LogP contribution in [0.3, 0.4) is 0 Å². The average molecular weight is 382 g/mol. The monoisotopic (exact) mass is 380 g/mol. The molecule has 2 amide bonds. The molecule has 0 aliphatic carbocycles. The number of hydrogen-bond acceptors (Lipinski definition) is 2. The number of nitrogens with one attached hydrogen (secondary N) is 2. The molecule has 114 valence electrons. The summed E-state index contributed by atoms with van der Waals surface area (Å²) in [6, 6.07) is 12.4. The van der Waals surface area contributed by atoms with E-state index in [1.165, 1.54) is 6.92 Å². The summed E-state index contributed by atoms with van der Waals surface area (Å²) in [6.07, 6.45) is 0. The highest BCUT2D eigenvalue weighted by Crippen LogP contribution is 2.21. The predicted octanol–water partition coefficient (Wildman–Crippen LogP) is 3.99. The molecule has 2 aromatic rings. The molecule has 2 rings (SSSR count). The molecule has 0 aliphatic heterocycles. The van der Waals surface area contributed by atoms with Crippen molar-refractivity contribution in [3.63, 3.8) is 0 Å². The molecule has 0 aromatic heterocycles. The Labute approximate surface area is 142 Å². The van der Waals surface area contributed by atoms with Crippen LogP contribution in [-0.4, -0.2) is 11.8 Å². The minimum Gasteiger partial charge on any atom is -0.348 e. The molecule has 0 atom stereocenters. The minimum absolute atomic E-state index is 0.137. The molecule has 2 N–H and O–H groups in total. The lowest BCUT2D eigenvalue weighted by molar-refractivity contribution is -0.114. The van der Waals surface area contributed by atoms with Gasteiger partial charge in [0.1, 0.15) is 0 Å².